The Hall–Kier alpha value is -4.20. The van der Waals surface area contributed by atoms with Crippen LogP contribution in [0.25, 0.3) is 11.8 Å². The van der Waals surface area contributed by atoms with Gasteiger partial charge in [-0.1, -0.05) is 18.2 Å². The molecule has 2 heterocycles. The highest BCUT2D eigenvalue weighted by Crippen LogP contribution is 2.33. The number of rotatable bonds is 5. The molecule has 1 aromatic heterocycles. The van der Waals surface area contributed by atoms with Crippen molar-refractivity contribution in [3.63, 3.8) is 0 Å². The largest absolute Gasteiger partial charge is 0.494 e. The molecule has 32 heavy (non-hydrogen) atoms. The summed E-state index contributed by atoms with van der Waals surface area (Å²) >= 11 is 0. The second-order valence-electron chi connectivity index (χ2n) is 7.47. The zero-order valence-corrected chi connectivity index (χ0v) is 18.2. The summed E-state index contributed by atoms with van der Waals surface area (Å²) in [5, 5.41) is 17.0. The predicted molar refractivity (Wildman–Crippen MR) is 123 cm³/mol. The van der Waals surface area contributed by atoms with E-state index in [1.54, 1.807) is 6.07 Å². The molecule has 0 saturated heterocycles. The number of amides is 1. The van der Waals surface area contributed by atoms with Crippen molar-refractivity contribution in [3.05, 3.63) is 87.2 Å². The van der Waals surface area contributed by atoms with Gasteiger partial charge in [0.05, 0.1) is 40.8 Å². The van der Waals surface area contributed by atoms with Crippen LogP contribution in [-0.4, -0.2) is 28.2 Å². The first kappa shape index (κ1) is 21.0. The number of benzene rings is 2. The average Bonchev–Trinajstić information content (AvgIpc) is 3.23. The van der Waals surface area contributed by atoms with Crippen LogP contribution in [0.5, 0.6) is 5.75 Å². The third-order valence-electron chi connectivity index (χ3n) is 5.45. The van der Waals surface area contributed by atoms with E-state index in [1.165, 1.54) is 24.3 Å². The van der Waals surface area contributed by atoms with Gasteiger partial charge in [0, 0.05) is 17.5 Å². The van der Waals surface area contributed by atoms with Crippen molar-refractivity contribution in [2.24, 2.45) is 5.10 Å². The highest BCUT2D eigenvalue weighted by atomic mass is 16.6. The quantitative estimate of drug-likeness (QED) is 0.330. The molecule has 0 radical (unpaired) electrons. The molecule has 8 heteroatoms. The van der Waals surface area contributed by atoms with E-state index in [4.69, 9.17) is 4.74 Å². The molecule has 162 valence electrons. The van der Waals surface area contributed by atoms with Crippen LogP contribution >= 0.6 is 0 Å². The van der Waals surface area contributed by atoms with E-state index in [9.17, 15) is 14.9 Å². The van der Waals surface area contributed by atoms with Gasteiger partial charge in [-0.15, -0.1) is 0 Å². The standard InChI is InChI=1S/C24H22N4O4/c1-15-12-18(13-21-16(2)25-27(24(21)29)19-8-6-5-7-9-19)17(3)26(15)22-11-10-20(28(30)31)14-23(22)32-4/h5-14H,1-4H3/b21-13-. The maximum Gasteiger partial charge on any atom is 0.280 e. The van der Waals surface area contributed by atoms with E-state index in [1.807, 2.05) is 67.8 Å². The molecule has 0 fully saturated rings. The molecule has 0 unspecified atom stereocenters. The van der Waals surface area contributed by atoms with Crippen molar-refractivity contribution >= 4 is 29.1 Å². The number of nitro groups is 1. The van der Waals surface area contributed by atoms with Gasteiger partial charge in [0.15, 0.2) is 0 Å². The number of nitrogens with zero attached hydrogens (tertiary/aromatic N) is 4. The van der Waals surface area contributed by atoms with Gasteiger partial charge in [-0.05, 0) is 56.7 Å². The number of aromatic nitrogens is 1. The lowest BCUT2D eigenvalue weighted by molar-refractivity contribution is -0.384. The van der Waals surface area contributed by atoms with Crippen LogP contribution in [-0.2, 0) is 4.79 Å². The highest BCUT2D eigenvalue weighted by molar-refractivity contribution is 6.32. The van der Waals surface area contributed by atoms with E-state index >= 15 is 0 Å². The Kier molecular flexibility index (Phi) is 5.36. The number of carbonyl (C=O) groups is 1. The van der Waals surface area contributed by atoms with Crippen LogP contribution < -0.4 is 9.75 Å². The van der Waals surface area contributed by atoms with Gasteiger partial charge in [-0.3, -0.25) is 14.9 Å². The molecule has 0 saturated carbocycles. The van der Waals surface area contributed by atoms with Gasteiger partial charge in [0.25, 0.3) is 11.6 Å². The molecule has 0 N–H and O–H groups in total. The molecule has 2 aromatic carbocycles. The van der Waals surface area contributed by atoms with Crippen LogP contribution in [0.4, 0.5) is 11.4 Å². The van der Waals surface area contributed by atoms with E-state index in [-0.39, 0.29) is 11.6 Å². The number of para-hydroxylation sites is 1. The van der Waals surface area contributed by atoms with Gasteiger partial charge in [0.1, 0.15) is 5.75 Å². The van der Waals surface area contributed by atoms with Gasteiger partial charge in [0.2, 0.25) is 0 Å². The Morgan fingerprint density at radius 1 is 1.06 bits per heavy atom. The number of non-ortho nitro benzene ring substituents is 1. The number of hydrogen-bond donors (Lipinski definition) is 0. The van der Waals surface area contributed by atoms with E-state index < -0.39 is 4.92 Å². The molecule has 0 bridgehead atoms. The summed E-state index contributed by atoms with van der Waals surface area (Å²) in [4.78, 5) is 23.7. The lowest BCUT2D eigenvalue weighted by Gasteiger charge is -2.14. The Bertz CT molecular complexity index is 1290. The van der Waals surface area contributed by atoms with Gasteiger partial charge < -0.3 is 9.30 Å². The molecule has 1 amide bonds. The third kappa shape index (κ3) is 3.56. The van der Waals surface area contributed by atoms with Crippen LogP contribution in [0.3, 0.4) is 0 Å². The van der Waals surface area contributed by atoms with Gasteiger partial charge in [-0.25, -0.2) is 0 Å². The van der Waals surface area contributed by atoms with Crippen molar-refractivity contribution in [3.8, 4) is 11.4 Å². The molecule has 8 nitrogen and oxygen atoms in total. The van der Waals surface area contributed by atoms with Crippen LogP contribution in [0.2, 0.25) is 0 Å². The predicted octanol–water partition coefficient (Wildman–Crippen LogP) is 4.82. The van der Waals surface area contributed by atoms with Crippen LogP contribution in [0.1, 0.15) is 23.9 Å². The molecule has 1 aliphatic heterocycles. The zero-order valence-electron chi connectivity index (χ0n) is 18.2. The summed E-state index contributed by atoms with van der Waals surface area (Å²) in [7, 11) is 1.48. The third-order valence-corrected chi connectivity index (χ3v) is 5.45. The van der Waals surface area contributed by atoms with Crippen molar-refractivity contribution < 1.29 is 14.5 Å². The van der Waals surface area contributed by atoms with Crippen molar-refractivity contribution in [1.29, 1.82) is 0 Å². The number of methoxy groups -OCH3 is 1. The second kappa shape index (κ2) is 8.14. The minimum atomic E-state index is -0.455. The fraction of sp³-hybridized carbons (Fsp3) is 0.167. The second-order valence-corrected chi connectivity index (χ2v) is 7.47. The number of nitro benzene ring substituents is 1. The fourth-order valence-corrected chi connectivity index (χ4v) is 3.85. The SMILES string of the molecule is COc1cc([N+](=O)[O-])ccc1-n1c(C)cc(/C=C2\C(=O)N(c3ccccc3)N=C2C)c1C. The lowest BCUT2D eigenvalue weighted by atomic mass is 10.1. The first-order valence-corrected chi connectivity index (χ1v) is 10.0. The van der Waals surface area contributed by atoms with Gasteiger partial charge in [-0.2, -0.15) is 10.1 Å². The molecular weight excluding hydrogens is 408 g/mol. The monoisotopic (exact) mass is 430 g/mol. The zero-order chi connectivity index (χ0) is 23.0. The molecule has 0 spiro atoms. The minimum Gasteiger partial charge on any atom is -0.494 e. The van der Waals surface area contributed by atoms with Crippen molar-refractivity contribution in [2.45, 2.75) is 20.8 Å². The van der Waals surface area contributed by atoms with Gasteiger partial charge >= 0.3 is 0 Å². The molecule has 1 aliphatic rings. The Morgan fingerprint density at radius 2 is 1.78 bits per heavy atom. The summed E-state index contributed by atoms with van der Waals surface area (Å²) in [6.45, 7) is 5.68. The van der Waals surface area contributed by atoms with E-state index in [2.05, 4.69) is 5.10 Å². The fourth-order valence-electron chi connectivity index (χ4n) is 3.85. The molecule has 0 aliphatic carbocycles. The number of hydrogen-bond acceptors (Lipinski definition) is 5. The smallest absolute Gasteiger partial charge is 0.280 e. The summed E-state index contributed by atoms with van der Waals surface area (Å²) < 4.78 is 7.37. The number of anilines is 1. The minimum absolute atomic E-state index is 0.0419. The van der Waals surface area contributed by atoms with Crippen molar-refractivity contribution in [1.82, 2.24) is 4.57 Å². The van der Waals surface area contributed by atoms with Crippen LogP contribution in [0.15, 0.2) is 65.3 Å². The summed E-state index contributed by atoms with van der Waals surface area (Å²) in [5.74, 6) is 0.205. The average molecular weight is 430 g/mol. The van der Waals surface area contributed by atoms with E-state index in [0.29, 0.717) is 28.4 Å². The molecular formula is C24H22N4O4. The van der Waals surface area contributed by atoms with Crippen molar-refractivity contribution in [2.75, 3.05) is 12.1 Å². The normalized spacial score (nSPS) is 14.8. The first-order chi connectivity index (χ1) is 15.3. The number of carbonyl (C=O) groups excluding carboxylic acids is 1. The van der Waals surface area contributed by atoms with Crippen LogP contribution in [0, 0.1) is 24.0 Å². The summed E-state index contributed by atoms with van der Waals surface area (Å²) in [5.41, 5.74) is 5.15. The maximum absolute atomic E-state index is 13.0. The maximum atomic E-state index is 13.0. The number of ether oxygens (including phenoxy) is 1. The Morgan fingerprint density at radius 3 is 2.44 bits per heavy atom. The Labute approximate surface area is 185 Å². The molecule has 0 atom stereocenters. The molecule has 3 aromatic rings. The molecule has 4 rings (SSSR count). The first-order valence-electron chi connectivity index (χ1n) is 10.0. The summed E-state index contributed by atoms with van der Waals surface area (Å²) in [6, 6.07) is 15.8. The topological polar surface area (TPSA) is 90.0 Å². The van der Waals surface area contributed by atoms with E-state index in [0.717, 1.165) is 17.0 Å². The number of hydrazone groups is 1. The summed E-state index contributed by atoms with van der Waals surface area (Å²) in [6.07, 6.45) is 1.83. The Balaban J connectivity index is 1.75. The number of aryl methyl sites for hydroxylation is 1. The highest BCUT2D eigenvalue weighted by Gasteiger charge is 2.29. The lowest BCUT2D eigenvalue weighted by Crippen LogP contribution is -2.21.